The van der Waals surface area contributed by atoms with E-state index < -0.39 is 5.97 Å². The molecule has 4 rings (SSSR count). The smallest absolute Gasteiger partial charge is 0.335 e. The van der Waals surface area contributed by atoms with Crippen LogP contribution in [-0.2, 0) is 5.75 Å². The number of carboxylic acids is 1. The van der Waals surface area contributed by atoms with E-state index in [0.717, 1.165) is 16.8 Å². The molecular formula is C23H18FN3O3S. The highest BCUT2D eigenvalue weighted by atomic mass is 32.2. The van der Waals surface area contributed by atoms with Gasteiger partial charge in [-0.25, -0.2) is 9.18 Å². The van der Waals surface area contributed by atoms with E-state index in [1.165, 1.54) is 23.9 Å². The molecule has 1 N–H and O–H groups in total. The summed E-state index contributed by atoms with van der Waals surface area (Å²) < 4.78 is 20.7. The zero-order chi connectivity index (χ0) is 21.8. The number of hydrogen-bond donors (Lipinski definition) is 1. The van der Waals surface area contributed by atoms with Crippen molar-refractivity contribution in [2.45, 2.75) is 10.9 Å². The minimum absolute atomic E-state index is 0.239. The first-order valence-electron chi connectivity index (χ1n) is 9.36. The van der Waals surface area contributed by atoms with Gasteiger partial charge in [-0.1, -0.05) is 36.0 Å². The van der Waals surface area contributed by atoms with E-state index in [2.05, 4.69) is 10.2 Å². The Labute approximate surface area is 182 Å². The van der Waals surface area contributed by atoms with Gasteiger partial charge in [0, 0.05) is 17.0 Å². The van der Waals surface area contributed by atoms with Crippen LogP contribution in [0.15, 0.2) is 78.0 Å². The van der Waals surface area contributed by atoms with Gasteiger partial charge in [-0.2, -0.15) is 0 Å². The van der Waals surface area contributed by atoms with E-state index in [1.807, 2.05) is 28.8 Å². The van der Waals surface area contributed by atoms with Gasteiger partial charge in [-0.15, -0.1) is 10.2 Å². The molecule has 0 radical (unpaired) electrons. The summed E-state index contributed by atoms with van der Waals surface area (Å²) in [6.07, 6.45) is 0. The Morgan fingerprint density at radius 3 is 2.48 bits per heavy atom. The number of nitrogens with zero attached hydrogens (tertiary/aromatic N) is 3. The van der Waals surface area contributed by atoms with Gasteiger partial charge in [0.25, 0.3) is 0 Å². The number of rotatable bonds is 7. The predicted molar refractivity (Wildman–Crippen MR) is 116 cm³/mol. The lowest BCUT2D eigenvalue weighted by atomic mass is 10.1. The normalized spacial score (nSPS) is 10.8. The maximum atomic E-state index is 13.5. The van der Waals surface area contributed by atoms with Gasteiger partial charge in [0.2, 0.25) is 0 Å². The molecule has 0 bridgehead atoms. The van der Waals surface area contributed by atoms with Crippen LogP contribution in [0.25, 0.3) is 17.1 Å². The molecule has 0 unspecified atom stereocenters. The molecule has 0 atom stereocenters. The van der Waals surface area contributed by atoms with Crippen LogP contribution in [0.2, 0.25) is 0 Å². The van der Waals surface area contributed by atoms with Crippen LogP contribution in [0.3, 0.4) is 0 Å². The van der Waals surface area contributed by atoms with Crippen LogP contribution in [0.1, 0.15) is 15.9 Å². The minimum atomic E-state index is -0.960. The molecule has 0 aliphatic rings. The third kappa shape index (κ3) is 4.59. The van der Waals surface area contributed by atoms with Crippen LogP contribution >= 0.6 is 11.8 Å². The molecule has 3 aromatic carbocycles. The summed E-state index contributed by atoms with van der Waals surface area (Å²) in [4.78, 5) is 11.0. The van der Waals surface area contributed by atoms with E-state index in [-0.39, 0.29) is 11.4 Å². The van der Waals surface area contributed by atoms with Crippen molar-refractivity contribution in [3.05, 3.63) is 89.7 Å². The van der Waals surface area contributed by atoms with Crippen LogP contribution in [-0.4, -0.2) is 33.0 Å². The minimum Gasteiger partial charge on any atom is -0.497 e. The second-order valence-corrected chi connectivity index (χ2v) is 7.58. The molecule has 0 fully saturated rings. The first kappa shape index (κ1) is 20.6. The fraction of sp³-hybridized carbons (Fsp3) is 0.0870. The van der Waals surface area contributed by atoms with Crippen molar-refractivity contribution < 1.29 is 19.0 Å². The number of hydrogen-bond acceptors (Lipinski definition) is 5. The Kier molecular flexibility index (Phi) is 5.99. The zero-order valence-corrected chi connectivity index (χ0v) is 17.3. The third-order valence-electron chi connectivity index (χ3n) is 4.61. The average molecular weight is 435 g/mol. The molecule has 0 amide bonds. The monoisotopic (exact) mass is 435 g/mol. The number of carboxylic acid groups (broad SMARTS) is 1. The number of benzene rings is 3. The summed E-state index contributed by atoms with van der Waals surface area (Å²) in [7, 11) is 1.60. The van der Waals surface area contributed by atoms with Gasteiger partial charge in [0.1, 0.15) is 11.6 Å². The van der Waals surface area contributed by atoms with E-state index >= 15 is 0 Å². The fourth-order valence-corrected chi connectivity index (χ4v) is 3.93. The largest absolute Gasteiger partial charge is 0.497 e. The number of ether oxygens (including phenoxy) is 1. The van der Waals surface area contributed by atoms with E-state index in [0.29, 0.717) is 22.5 Å². The number of aromatic nitrogens is 3. The standard InChI is InChI=1S/C23H18FN3O3S/c1-30-20-4-2-3-17(13-20)21-25-26-23(27(21)19-11-9-18(24)10-12-19)31-14-15-5-7-16(8-6-15)22(28)29/h2-13H,14H2,1H3,(H,28,29). The molecule has 6 nitrogen and oxygen atoms in total. The Hall–Kier alpha value is -3.65. The second-order valence-electron chi connectivity index (χ2n) is 6.64. The third-order valence-corrected chi connectivity index (χ3v) is 5.62. The first-order chi connectivity index (χ1) is 15.0. The molecule has 0 aliphatic heterocycles. The topological polar surface area (TPSA) is 77.2 Å². The average Bonchev–Trinajstić information content (AvgIpc) is 3.22. The molecule has 1 aromatic heterocycles. The SMILES string of the molecule is COc1cccc(-c2nnc(SCc3ccc(C(=O)O)cc3)n2-c2ccc(F)cc2)c1. The van der Waals surface area contributed by atoms with Crippen LogP contribution in [0.5, 0.6) is 5.75 Å². The van der Waals surface area contributed by atoms with Gasteiger partial charge < -0.3 is 9.84 Å². The molecule has 31 heavy (non-hydrogen) atoms. The summed E-state index contributed by atoms with van der Waals surface area (Å²) in [5.41, 5.74) is 2.73. The molecule has 0 spiro atoms. The molecule has 0 saturated heterocycles. The molecule has 4 aromatic rings. The summed E-state index contributed by atoms with van der Waals surface area (Å²) in [6, 6.07) is 20.3. The van der Waals surface area contributed by atoms with Gasteiger partial charge in [0.05, 0.1) is 12.7 Å². The summed E-state index contributed by atoms with van der Waals surface area (Å²) in [5, 5.41) is 18.4. The molecule has 0 saturated carbocycles. The lowest BCUT2D eigenvalue weighted by Gasteiger charge is -2.11. The second kappa shape index (κ2) is 9.01. The van der Waals surface area contributed by atoms with Crippen molar-refractivity contribution in [2.24, 2.45) is 0 Å². The Morgan fingerprint density at radius 2 is 1.81 bits per heavy atom. The summed E-state index contributed by atoms with van der Waals surface area (Å²) in [5.74, 6) is 0.580. The zero-order valence-electron chi connectivity index (χ0n) is 16.5. The Balaban J connectivity index is 1.69. The van der Waals surface area contributed by atoms with Gasteiger partial charge in [-0.05, 0) is 54.1 Å². The molecule has 8 heteroatoms. The van der Waals surface area contributed by atoms with Crippen molar-refractivity contribution in [3.8, 4) is 22.8 Å². The highest BCUT2D eigenvalue weighted by molar-refractivity contribution is 7.98. The molecule has 0 aliphatic carbocycles. The van der Waals surface area contributed by atoms with E-state index in [1.54, 1.807) is 43.5 Å². The highest BCUT2D eigenvalue weighted by Crippen LogP contribution is 2.31. The highest BCUT2D eigenvalue weighted by Gasteiger charge is 2.17. The van der Waals surface area contributed by atoms with Gasteiger partial charge in [0.15, 0.2) is 11.0 Å². The van der Waals surface area contributed by atoms with Crippen molar-refractivity contribution in [1.82, 2.24) is 14.8 Å². The number of aromatic carboxylic acids is 1. The lowest BCUT2D eigenvalue weighted by molar-refractivity contribution is 0.0697. The van der Waals surface area contributed by atoms with Crippen LogP contribution < -0.4 is 4.74 Å². The Bertz CT molecular complexity index is 1210. The van der Waals surface area contributed by atoms with E-state index in [9.17, 15) is 9.18 Å². The number of halogens is 1. The number of methoxy groups -OCH3 is 1. The fourth-order valence-electron chi connectivity index (χ4n) is 3.03. The van der Waals surface area contributed by atoms with Crippen molar-refractivity contribution in [2.75, 3.05) is 7.11 Å². The van der Waals surface area contributed by atoms with Crippen LogP contribution in [0, 0.1) is 5.82 Å². The summed E-state index contributed by atoms with van der Waals surface area (Å²) >= 11 is 1.46. The summed E-state index contributed by atoms with van der Waals surface area (Å²) in [6.45, 7) is 0. The first-order valence-corrected chi connectivity index (χ1v) is 10.3. The number of thioether (sulfide) groups is 1. The number of carbonyl (C=O) groups is 1. The van der Waals surface area contributed by atoms with Gasteiger partial charge in [-0.3, -0.25) is 4.57 Å². The maximum absolute atomic E-state index is 13.5. The van der Waals surface area contributed by atoms with Crippen molar-refractivity contribution in [3.63, 3.8) is 0 Å². The predicted octanol–water partition coefficient (Wildman–Crippen LogP) is 5.07. The molecule has 156 valence electrons. The van der Waals surface area contributed by atoms with E-state index in [4.69, 9.17) is 9.84 Å². The Morgan fingerprint density at radius 1 is 1.06 bits per heavy atom. The van der Waals surface area contributed by atoms with Gasteiger partial charge >= 0.3 is 5.97 Å². The quantitative estimate of drug-likeness (QED) is 0.408. The van der Waals surface area contributed by atoms with Crippen molar-refractivity contribution in [1.29, 1.82) is 0 Å². The van der Waals surface area contributed by atoms with Crippen molar-refractivity contribution >= 4 is 17.7 Å². The molecule has 1 heterocycles. The maximum Gasteiger partial charge on any atom is 0.335 e. The lowest BCUT2D eigenvalue weighted by Crippen LogP contribution is -2.00. The van der Waals surface area contributed by atoms with Crippen LogP contribution in [0.4, 0.5) is 4.39 Å². The molecular weight excluding hydrogens is 417 g/mol.